The summed E-state index contributed by atoms with van der Waals surface area (Å²) in [5.74, 6) is 0.303. The number of fused-ring (bicyclic) bond motifs is 10. The van der Waals surface area contributed by atoms with Crippen LogP contribution in [0.25, 0.3) is 21.9 Å². The molecule has 1 saturated carbocycles. The first-order valence-electron chi connectivity index (χ1n) is 31.8. The lowest BCUT2D eigenvalue weighted by atomic mass is 9.30. The Morgan fingerprint density at radius 1 is 0.506 bits per heavy atom. The van der Waals surface area contributed by atoms with Crippen LogP contribution in [0.3, 0.4) is 0 Å². The SMILES string of the molecule is CC(C)(C)c1ccc(CC(c2ccc(C(C)(C)C)cc2)c2cc3c4c(c2)N(c2cccc5oc6ccccc6c25)c2ccc(N(c5ccc(C(C)(C)C)cc5)c5ccc(C(C)(C)C)cc5)cc2B4c2cccc4c2C3C2(C)CCCCC42C)cc1. The maximum Gasteiger partial charge on any atom is 0.247 e. The van der Waals surface area contributed by atoms with Crippen LogP contribution in [0, 0.1) is 5.41 Å². The molecule has 0 spiro atoms. The summed E-state index contributed by atoms with van der Waals surface area (Å²) in [6.45, 7) is 33.1. The summed E-state index contributed by atoms with van der Waals surface area (Å²) in [5, 5.41) is 2.28. The molecule has 3 heterocycles. The lowest BCUT2D eigenvalue weighted by Crippen LogP contribution is -2.62. The van der Waals surface area contributed by atoms with Crippen molar-refractivity contribution in [3.63, 3.8) is 0 Å². The Balaban J connectivity index is 1.07. The van der Waals surface area contributed by atoms with Crippen LogP contribution >= 0.6 is 0 Å². The van der Waals surface area contributed by atoms with Crippen LogP contribution in [0.2, 0.25) is 0 Å². The standard InChI is InChI=1S/C81H85BN2O/c1-76(2,3)54-31-27-51(28-32-54)47-62(52-29-33-55(34-30-52)77(4,5)6)53-48-63-74-73-64(80(13)45-17-18-46-81(74,80)14)22-19-23-65(73)82-66-50-60(83(58-39-35-56(36-40-58)78(7,8)9)59-41-37-57(38-42-59)79(10,11)12)43-44-67(66)84(69(49-53)75(63)82)68-24-20-26-71-72(68)61-21-15-16-25-70(61)85-71/h15-16,19-44,48-50,62,74H,17-18,45-47H2,1-14H3. The van der Waals surface area contributed by atoms with Gasteiger partial charge < -0.3 is 14.2 Å². The van der Waals surface area contributed by atoms with Crippen molar-refractivity contribution in [2.24, 2.45) is 5.41 Å². The first kappa shape index (κ1) is 55.3. The van der Waals surface area contributed by atoms with Gasteiger partial charge in [-0.1, -0.05) is 237 Å². The van der Waals surface area contributed by atoms with Crippen molar-refractivity contribution < 1.29 is 4.42 Å². The van der Waals surface area contributed by atoms with E-state index in [0.29, 0.717) is 0 Å². The largest absolute Gasteiger partial charge is 0.456 e. The number of rotatable bonds is 8. The van der Waals surface area contributed by atoms with Gasteiger partial charge in [-0.15, -0.1) is 0 Å². The molecule has 0 radical (unpaired) electrons. The Kier molecular flexibility index (Phi) is 12.7. The van der Waals surface area contributed by atoms with Crippen molar-refractivity contribution in [2.75, 3.05) is 9.80 Å². The first-order valence-corrected chi connectivity index (χ1v) is 31.8. The van der Waals surface area contributed by atoms with Gasteiger partial charge in [0.25, 0.3) is 0 Å². The van der Waals surface area contributed by atoms with Gasteiger partial charge in [-0.05, 0) is 185 Å². The highest BCUT2D eigenvalue weighted by Gasteiger charge is 2.62. The molecular weight excluding hydrogens is 1030 g/mol. The molecule has 2 aliphatic carbocycles. The minimum Gasteiger partial charge on any atom is -0.456 e. The fourth-order valence-corrected chi connectivity index (χ4v) is 16.1. The average Bonchev–Trinajstić information content (AvgIpc) is 1.74. The number of anilines is 6. The molecule has 4 atom stereocenters. The third-order valence-corrected chi connectivity index (χ3v) is 21.2. The number of hydrogen-bond donors (Lipinski definition) is 0. The van der Waals surface area contributed by atoms with Crippen LogP contribution in [0.1, 0.15) is 190 Å². The highest BCUT2D eigenvalue weighted by Crippen LogP contribution is 2.67. The molecule has 4 heteroatoms. The van der Waals surface area contributed by atoms with E-state index in [-0.39, 0.29) is 51.0 Å². The van der Waals surface area contributed by atoms with Crippen molar-refractivity contribution in [1.29, 1.82) is 0 Å². The molecular formula is C81H85BN2O. The predicted molar refractivity (Wildman–Crippen MR) is 363 cm³/mol. The topological polar surface area (TPSA) is 19.6 Å². The Labute approximate surface area is 507 Å². The van der Waals surface area contributed by atoms with Gasteiger partial charge in [0.1, 0.15) is 11.2 Å². The molecule has 0 N–H and O–H groups in total. The van der Waals surface area contributed by atoms with Crippen molar-refractivity contribution in [3.8, 4) is 0 Å². The zero-order chi connectivity index (χ0) is 59.3. The average molecular weight is 1110 g/mol. The molecule has 3 nitrogen and oxygen atoms in total. The first-order chi connectivity index (χ1) is 40.4. The van der Waals surface area contributed by atoms with E-state index in [0.717, 1.165) is 51.1 Å². The van der Waals surface area contributed by atoms with Crippen LogP contribution in [-0.2, 0) is 33.5 Å². The van der Waals surface area contributed by atoms with Gasteiger partial charge in [0.2, 0.25) is 6.71 Å². The highest BCUT2D eigenvalue weighted by atomic mass is 16.3. The molecule has 0 saturated heterocycles. The number of nitrogens with zero attached hydrogens (tertiary/aromatic N) is 2. The fraction of sp³-hybridized carbons (Fsp3) is 0.333. The lowest BCUT2D eigenvalue weighted by Gasteiger charge is -2.51. The predicted octanol–water partition coefficient (Wildman–Crippen LogP) is 20.2. The van der Waals surface area contributed by atoms with Gasteiger partial charge in [0, 0.05) is 45.7 Å². The third-order valence-electron chi connectivity index (χ3n) is 21.2. The molecule has 4 unspecified atom stereocenters. The second-order valence-electron chi connectivity index (χ2n) is 30.5. The number of para-hydroxylation sites is 1. The molecule has 85 heavy (non-hydrogen) atoms. The van der Waals surface area contributed by atoms with E-state index in [1.165, 1.54) is 98.0 Å². The van der Waals surface area contributed by atoms with Gasteiger partial charge >= 0.3 is 0 Å². The zero-order valence-corrected chi connectivity index (χ0v) is 53.0. The monoisotopic (exact) mass is 1110 g/mol. The third kappa shape index (κ3) is 8.88. The molecule has 0 bridgehead atoms. The normalized spacial score (nSPS) is 19.4. The summed E-state index contributed by atoms with van der Waals surface area (Å²) in [7, 11) is 0. The minimum atomic E-state index is -0.0213. The highest BCUT2D eigenvalue weighted by molar-refractivity contribution is 6.99. The Morgan fingerprint density at radius 3 is 1.68 bits per heavy atom. The minimum absolute atomic E-state index is 0.0106. The van der Waals surface area contributed by atoms with E-state index in [4.69, 9.17) is 4.42 Å². The molecule has 9 aromatic carbocycles. The molecule has 2 aliphatic heterocycles. The maximum absolute atomic E-state index is 6.83. The maximum atomic E-state index is 6.83. The molecule has 10 aromatic rings. The second-order valence-corrected chi connectivity index (χ2v) is 30.5. The van der Waals surface area contributed by atoms with E-state index in [2.05, 4.69) is 295 Å². The van der Waals surface area contributed by atoms with Crippen LogP contribution in [-0.4, -0.2) is 6.71 Å². The Morgan fingerprint density at radius 2 is 1.06 bits per heavy atom. The van der Waals surface area contributed by atoms with Crippen molar-refractivity contribution in [1.82, 2.24) is 0 Å². The van der Waals surface area contributed by atoms with Crippen LogP contribution in [0.15, 0.2) is 192 Å². The summed E-state index contributed by atoms with van der Waals surface area (Å²) in [6, 6.07) is 73.8. The Hall–Kier alpha value is -7.56. The van der Waals surface area contributed by atoms with E-state index < -0.39 is 0 Å². The Bertz CT molecular complexity index is 4170. The van der Waals surface area contributed by atoms with E-state index in [9.17, 15) is 0 Å². The zero-order valence-electron chi connectivity index (χ0n) is 53.0. The van der Waals surface area contributed by atoms with E-state index in [1.54, 1.807) is 11.1 Å². The molecule has 14 rings (SSSR count). The van der Waals surface area contributed by atoms with Crippen molar-refractivity contribution >= 4 is 79.2 Å². The summed E-state index contributed by atoms with van der Waals surface area (Å²) in [4.78, 5) is 5.20. The molecule has 428 valence electrons. The number of hydrogen-bond acceptors (Lipinski definition) is 3. The van der Waals surface area contributed by atoms with Gasteiger partial charge in [0.05, 0.1) is 11.1 Å². The van der Waals surface area contributed by atoms with Crippen LogP contribution < -0.4 is 26.2 Å². The second kappa shape index (κ2) is 19.5. The molecule has 4 aliphatic rings. The summed E-state index contributed by atoms with van der Waals surface area (Å²) < 4.78 is 6.83. The quantitative estimate of drug-likeness (QED) is 0.141. The van der Waals surface area contributed by atoms with Crippen molar-refractivity contribution in [3.05, 3.63) is 244 Å². The number of furan rings is 1. The molecule has 0 amide bonds. The van der Waals surface area contributed by atoms with Gasteiger partial charge in [-0.2, -0.15) is 0 Å². The van der Waals surface area contributed by atoms with Gasteiger partial charge in [-0.25, -0.2) is 0 Å². The summed E-state index contributed by atoms with van der Waals surface area (Å²) in [5.41, 5.74) is 27.5. The fourth-order valence-electron chi connectivity index (χ4n) is 16.1. The van der Waals surface area contributed by atoms with E-state index in [1.807, 2.05) is 0 Å². The smallest absolute Gasteiger partial charge is 0.247 e. The van der Waals surface area contributed by atoms with Gasteiger partial charge in [-0.3, -0.25) is 0 Å². The summed E-state index contributed by atoms with van der Waals surface area (Å²) in [6.07, 6.45) is 5.80. The van der Waals surface area contributed by atoms with Crippen LogP contribution in [0.5, 0.6) is 0 Å². The lowest BCUT2D eigenvalue weighted by molar-refractivity contribution is 0.0926. The van der Waals surface area contributed by atoms with Crippen LogP contribution in [0.4, 0.5) is 34.1 Å². The number of benzene rings is 9. The van der Waals surface area contributed by atoms with Crippen molar-refractivity contribution in [2.45, 2.75) is 168 Å². The summed E-state index contributed by atoms with van der Waals surface area (Å²) >= 11 is 0. The molecule has 1 aromatic heterocycles. The molecule has 1 fully saturated rings. The van der Waals surface area contributed by atoms with E-state index >= 15 is 0 Å². The van der Waals surface area contributed by atoms with Gasteiger partial charge in [0.15, 0.2) is 0 Å².